The first-order chi connectivity index (χ1) is 13.2. The van der Waals surface area contributed by atoms with Crippen molar-refractivity contribution >= 4 is 17.3 Å². The van der Waals surface area contributed by atoms with Crippen LogP contribution in [0.15, 0.2) is 30.5 Å². The molecule has 8 nitrogen and oxygen atoms in total. The van der Waals surface area contributed by atoms with Gasteiger partial charge in [0.05, 0.1) is 46.4 Å². The van der Waals surface area contributed by atoms with Crippen molar-refractivity contribution in [3.63, 3.8) is 0 Å². The molecule has 2 aromatic rings. The fourth-order valence-electron chi connectivity index (χ4n) is 2.88. The average molecular weight is 373 g/mol. The van der Waals surface area contributed by atoms with E-state index in [9.17, 15) is 4.79 Å². The standard InChI is InChI=1S/C19H23N3O5/c1-24-16-10-13(11-17(25-2)18(16)26-3)21-19(23)15-5-4-14(12-20-15)22-6-8-27-9-7-22/h4-5,10-12H,6-9H2,1-3H3,(H,21,23). The van der Waals surface area contributed by atoms with Gasteiger partial charge in [-0.15, -0.1) is 0 Å². The molecule has 2 heterocycles. The number of hydrogen-bond acceptors (Lipinski definition) is 7. The van der Waals surface area contributed by atoms with Crippen LogP contribution in [-0.4, -0.2) is 58.5 Å². The zero-order chi connectivity index (χ0) is 19.2. The van der Waals surface area contributed by atoms with Gasteiger partial charge in [-0.05, 0) is 12.1 Å². The minimum Gasteiger partial charge on any atom is -0.493 e. The summed E-state index contributed by atoms with van der Waals surface area (Å²) in [5.74, 6) is 1.06. The number of nitrogens with one attached hydrogen (secondary N) is 1. The van der Waals surface area contributed by atoms with Gasteiger partial charge in [0.25, 0.3) is 5.91 Å². The van der Waals surface area contributed by atoms with Gasteiger partial charge >= 0.3 is 0 Å². The van der Waals surface area contributed by atoms with E-state index >= 15 is 0 Å². The third-order valence-corrected chi connectivity index (χ3v) is 4.28. The van der Waals surface area contributed by atoms with Crippen molar-refractivity contribution in [2.24, 2.45) is 0 Å². The summed E-state index contributed by atoms with van der Waals surface area (Å²) >= 11 is 0. The van der Waals surface area contributed by atoms with Crippen LogP contribution in [0.3, 0.4) is 0 Å². The number of nitrogens with zero attached hydrogens (tertiary/aromatic N) is 2. The summed E-state index contributed by atoms with van der Waals surface area (Å²) in [6, 6.07) is 6.93. The highest BCUT2D eigenvalue weighted by Crippen LogP contribution is 2.40. The molecule has 0 saturated carbocycles. The van der Waals surface area contributed by atoms with Gasteiger partial charge in [-0.25, -0.2) is 4.98 Å². The molecule has 3 rings (SSSR count). The molecule has 0 aliphatic carbocycles. The molecular formula is C19H23N3O5. The lowest BCUT2D eigenvalue weighted by atomic mass is 10.2. The van der Waals surface area contributed by atoms with Crippen LogP contribution in [-0.2, 0) is 4.74 Å². The molecule has 1 fully saturated rings. The highest BCUT2D eigenvalue weighted by molar-refractivity contribution is 6.03. The molecule has 0 spiro atoms. The summed E-state index contributed by atoms with van der Waals surface area (Å²) in [6.45, 7) is 3.03. The van der Waals surface area contributed by atoms with Gasteiger partial charge in [-0.2, -0.15) is 0 Å². The zero-order valence-corrected chi connectivity index (χ0v) is 15.7. The van der Waals surface area contributed by atoms with E-state index in [0.717, 1.165) is 18.8 Å². The maximum absolute atomic E-state index is 12.5. The molecule has 1 aromatic heterocycles. The lowest BCUT2D eigenvalue weighted by Crippen LogP contribution is -2.36. The SMILES string of the molecule is COc1cc(NC(=O)c2ccc(N3CCOCC3)cn2)cc(OC)c1OC. The molecule has 0 atom stereocenters. The molecule has 1 aliphatic rings. The van der Waals surface area contributed by atoms with Gasteiger partial charge in [0.15, 0.2) is 11.5 Å². The topological polar surface area (TPSA) is 82.2 Å². The second-order valence-electron chi connectivity index (χ2n) is 5.87. The Labute approximate surface area is 158 Å². The fourth-order valence-corrected chi connectivity index (χ4v) is 2.88. The molecule has 1 amide bonds. The Hall–Kier alpha value is -3.00. The molecule has 1 aliphatic heterocycles. The Bertz CT molecular complexity index is 763. The zero-order valence-electron chi connectivity index (χ0n) is 15.7. The van der Waals surface area contributed by atoms with Crippen LogP contribution in [0.5, 0.6) is 17.2 Å². The number of hydrogen-bond donors (Lipinski definition) is 1. The van der Waals surface area contributed by atoms with E-state index in [4.69, 9.17) is 18.9 Å². The number of carbonyl (C=O) groups excluding carboxylic acids is 1. The van der Waals surface area contributed by atoms with E-state index in [1.165, 1.54) is 21.3 Å². The van der Waals surface area contributed by atoms with Crippen LogP contribution in [0.2, 0.25) is 0 Å². The molecular weight excluding hydrogens is 350 g/mol. The minimum absolute atomic E-state index is 0.320. The molecule has 1 aromatic carbocycles. The molecule has 1 N–H and O–H groups in total. The Morgan fingerprint density at radius 2 is 1.74 bits per heavy atom. The highest BCUT2D eigenvalue weighted by atomic mass is 16.5. The normalized spacial score (nSPS) is 13.8. The number of benzene rings is 1. The minimum atomic E-state index is -0.321. The number of methoxy groups -OCH3 is 3. The van der Waals surface area contributed by atoms with Crippen LogP contribution >= 0.6 is 0 Å². The Morgan fingerprint density at radius 3 is 2.26 bits per heavy atom. The molecule has 27 heavy (non-hydrogen) atoms. The van der Waals surface area contributed by atoms with Crippen LogP contribution in [0.25, 0.3) is 0 Å². The van der Waals surface area contributed by atoms with Crippen molar-refractivity contribution in [2.75, 3.05) is 57.8 Å². The number of amides is 1. The molecule has 0 unspecified atom stereocenters. The Morgan fingerprint density at radius 1 is 1.07 bits per heavy atom. The third kappa shape index (κ3) is 4.22. The second-order valence-corrected chi connectivity index (χ2v) is 5.87. The maximum Gasteiger partial charge on any atom is 0.274 e. The summed E-state index contributed by atoms with van der Waals surface area (Å²) in [5, 5.41) is 2.81. The smallest absolute Gasteiger partial charge is 0.274 e. The van der Waals surface area contributed by atoms with Crippen LogP contribution in [0, 0.1) is 0 Å². The molecule has 8 heteroatoms. The number of anilines is 2. The quantitative estimate of drug-likeness (QED) is 0.831. The predicted molar refractivity (Wildman–Crippen MR) is 101 cm³/mol. The molecule has 0 bridgehead atoms. The number of carbonyl (C=O) groups is 1. The first kappa shape index (κ1) is 18.8. The lowest BCUT2D eigenvalue weighted by Gasteiger charge is -2.28. The van der Waals surface area contributed by atoms with Gasteiger partial charge in [0.2, 0.25) is 5.75 Å². The van der Waals surface area contributed by atoms with Gasteiger partial charge in [0.1, 0.15) is 5.69 Å². The highest BCUT2D eigenvalue weighted by Gasteiger charge is 2.16. The predicted octanol–water partition coefficient (Wildman–Crippen LogP) is 2.20. The number of rotatable bonds is 6. The van der Waals surface area contributed by atoms with Crippen molar-refractivity contribution in [2.45, 2.75) is 0 Å². The largest absolute Gasteiger partial charge is 0.493 e. The lowest BCUT2D eigenvalue weighted by molar-refractivity contribution is 0.102. The number of pyridine rings is 1. The van der Waals surface area contributed by atoms with E-state index < -0.39 is 0 Å². The van der Waals surface area contributed by atoms with Gasteiger partial charge in [-0.3, -0.25) is 4.79 Å². The Kier molecular flexibility index (Phi) is 5.97. The summed E-state index contributed by atoms with van der Waals surface area (Å²) in [6.07, 6.45) is 1.70. The Balaban J connectivity index is 1.75. The van der Waals surface area contributed by atoms with Crippen molar-refractivity contribution in [1.29, 1.82) is 0 Å². The summed E-state index contributed by atoms with van der Waals surface area (Å²) < 4.78 is 21.2. The van der Waals surface area contributed by atoms with Crippen LogP contribution in [0.1, 0.15) is 10.5 Å². The summed E-state index contributed by atoms with van der Waals surface area (Å²) in [4.78, 5) is 19.0. The van der Waals surface area contributed by atoms with Gasteiger partial charge < -0.3 is 29.2 Å². The number of aromatic nitrogens is 1. The molecule has 0 radical (unpaired) electrons. The van der Waals surface area contributed by atoms with Crippen molar-refractivity contribution in [3.8, 4) is 17.2 Å². The van der Waals surface area contributed by atoms with Gasteiger partial charge in [-0.1, -0.05) is 0 Å². The van der Waals surface area contributed by atoms with E-state index in [1.54, 1.807) is 24.4 Å². The van der Waals surface area contributed by atoms with Crippen molar-refractivity contribution < 1.29 is 23.7 Å². The van der Waals surface area contributed by atoms with E-state index in [0.29, 0.717) is 41.8 Å². The second kappa shape index (κ2) is 8.59. The van der Waals surface area contributed by atoms with Gasteiger partial charge in [0, 0.05) is 30.9 Å². The van der Waals surface area contributed by atoms with Crippen molar-refractivity contribution in [3.05, 3.63) is 36.2 Å². The van der Waals surface area contributed by atoms with E-state index in [2.05, 4.69) is 15.2 Å². The first-order valence-electron chi connectivity index (χ1n) is 8.56. The maximum atomic E-state index is 12.5. The third-order valence-electron chi connectivity index (χ3n) is 4.28. The first-order valence-corrected chi connectivity index (χ1v) is 8.56. The van der Waals surface area contributed by atoms with Crippen LogP contribution in [0.4, 0.5) is 11.4 Å². The van der Waals surface area contributed by atoms with Crippen molar-refractivity contribution in [1.82, 2.24) is 4.98 Å². The van der Waals surface area contributed by atoms with E-state index in [-0.39, 0.29) is 5.91 Å². The number of ether oxygens (including phenoxy) is 4. The molecule has 144 valence electrons. The van der Waals surface area contributed by atoms with E-state index in [1.807, 2.05) is 6.07 Å². The number of morpholine rings is 1. The monoisotopic (exact) mass is 373 g/mol. The molecule has 1 saturated heterocycles. The average Bonchev–Trinajstić information content (AvgIpc) is 2.73. The summed E-state index contributed by atoms with van der Waals surface area (Å²) in [5.41, 5.74) is 1.82. The summed E-state index contributed by atoms with van der Waals surface area (Å²) in [7, 11) is 4.57. The fraction of sp³-hybridized carbons (Fsp3) is 0.368. The van der Waals surface area contributed by atoms with Crippen LogP contribution < -0.4 is 24.4 Å².